The van der Waals surface area contributed by atoms with Gasteiger partial charge in [0.05, 0.1) is 18.4 Å². The Hall–Kier alpha value is -2.53. The third kappa shape index (κ3) is 2.43. The molecule has 1 aliphatic rings. The average molecular weight is 304 g/mol. The van der Waals surface area contributed by atoms with Crippen LogP contribution in [0.5, 0.6) is 0 Å². The molecule has 1 aliphatic heterocycles. The lowest BCUT2D eigenvalue weighted by atomic mass is 10.1. The number of halogens is 1. The lowest BCUT2D eigenvalue weighted by Crippen LogP contribution is -2.03. The maximum Gasteiger partial charge on any atom is 0.373 e. The second kappa shape index (κ2) is 5.10. The van der Waals surface area contributed by atoms with Gasteiger partial charge in [-0.1, -0.05) is 17.7 Å². The minimum absolute atomic E-state index is 0.0825. The fraction of sp³-hybridized carbons (Fsp3) is 0.0667. The summed E-state index contributed by atoms with van der Waals surface area (Å²) in [7, 11) is 1.27. The van der Waals surface area contributed by atoms with E-state index in [4.69, 9.17) is 16.0 Å². The van der Waals surface area contributed by atoms with Gasteiger partial charge in [0, 0.05) is 10.6 Å². The summed E-state index contributed by atoms with van der Waals surface area (Å²) in [5.41, 5.74) is 1.84. The molecule has 2 aromatic rings. The molecule has 0 saturated carbocycles. The Bertz CT molecular complexity index is 776. The van der Waals surface area contributed by atoms with Gasteiger partial charge in [-0.3, -0.25) is 4.79 Å². The van der Waals surface area contributed by atoms with Crippen LogP contribution in [0.3, 0.4) is 0 Å². The molecule has 21 heavy (non-hydrogen) atoms. The highest BCUT2D eigenvalue weighted by Gasteiger charge is 2.24. The van der Waals surface area contributed by atoms with E-state index in [1.165, 1.54) is 13.2 Å². The fourth-order valence-corrected chi connectivity index (χ4v) is 2.27. The van der Waals surface area contributed by atoms with Crippen molar-refractivity contribution in [3.05, 3.63) is 52.4 Å². The zero-order valence-electron chi connectivity index (χ0n) is 11.0. The van der Waals surface area contributed by atoms with Gasteiger partial charge < -0.3 is 14.5 Å². The monoisotopic (exact) mass is 303 g/mol. The summed E-state index contributed by atoms with van der Waals surface area (Å²) in [6.45, 7) is 0. The van der Waals surface area contributed by atoms with Gasteiger partial charge in [0.15, 0.2) is 0 Å². The topological polar surface area (TPSA) is 68.5 Å². The highest BCUT2D eigenvalue weighted by atomic mass is 35.5. The number of rotatable bonds is 2. The maximum atomic E-state index is 12.0. The van der Waals surface area contributed by atoms with Gasteiger partial charge in [-0.15, -0.1) is 0 Å². The lowest BCUT2D eigenvalue weighted by molar-refractivity contribution is -0.110. The number of hydrogen-bond donors (Lipinski definition) is 1. The molecular weight excluding hydrogens is 294 g/mol. The smallest absolute Gasteiger partial charge is 0.373 e. The van der Waals surface area contributed by atoms with Crippen molar-refractivity contribution in [1.82, 2.24) is 0 Å². The molecule has 0 radical (unpaired) electrons. The Kier molecular flexibility index (Phi) is 3.27. The van der Waals surface area contributed by atoms with Crippen LogP contribution in [-0.4, -0.2) is 19.0 Å². The molecule has 3 rings (SSSR count). The van der Waals surface area contributed by atoms with Crippen LogP contribution >= 0.6 is 11.6 Å². The Balaban J connectivity index is 1.99. The van der Waals surface area contributed by atoms with Gasteiger partial charge in [-0.25, -0.2) is 4.79 Å². The molecule has 0 spiro atoms. The number of carbonyl (C=O) groups is 2. The van der Waals surface area contributed by atoms with Gasteiger partial charge in [-0.2, -0.15) is 0 Å². The molecule has 5 nitrogen and oxygen atoms in total. The van der Waals surface area contributed by atoms with Crippen LogP contribution in [0.25, 0.3) is 11.6 Å². The van der Waals surface area contributed by atoms with E-state index in [1.54, 1.807) is 30.3 Å². The second-order valence-electron chi connectivity index (χ2n) is 4.40. The third-order valence-electron chi connectivity index (χ3n) is 3.06. The number of fused-ring (bicyclic) bond motifs is 1. The molecule has 6 heteroatoms. The molecule has 2 heterocycles. The van der Waals surface area contributed by atoms with Crippen molar-refractivity contribution >= 4 is 40.8 Å². The Morgan fingerprint density at radius 2 is 2.14 bits per heavy atom. The number of furan rings is 1. The van der Waals surface area contributed by atoms with E-state index in [9.17, 15) is 9.59 Å². The van der Waals surface area contributed by atoms with Gasteiger partial charge in [0.1, 0.15) is 5.76 Å². The molecule has 106 valence electrons. The van der Waals surface area contributed by atoms with Crippen molar-refractivity contribution < 1.29 is 18.7 Å². The van der Waals surface area contributed by atoms with Crippen LogP contribution < -0.4 is 5.32 Å². The number of methoxy groups -OCH3 is 1. The highest BCUT2D eigenvalue weighted by Crippen LogP contribution is 2.35. The molecule has 1 aromatic heterocycles. The maximum absolute atomic E-state index is 12.0. The summed E-state index contributed by atoms with van der Waals surface area (Å²) < 4.78 is 9.89. The number of amides is 1. The van der Waals surface area contributed by atoms with Crippen molar-refractivity contribution in [3.63, 3.8) is 0 Å². The predicted molar refractivity (Wildman–Crippen MR) is 78.0 cm³/mol. The van der Waals surface area contributed by atoms with Gasteiger partial charge in [-0.05, 0) is 30.3 Å². The SMILES string of the molecule is COC(=O)c1ccc(/C=C2\C(=O)Nc3cc(Cl)ccc32)o1. The van der Waals surface area contributed by atoms with Gasteiger partial charge >= 0.3 is 5.97 Å². The predicted octanol–water partition coefficient (Wildman–Crippen LogP) is 3.21. The largest absolute Gasteiger partial charge is 0.463 e. The first-order valence-electron chi connectivity index (χ1n) is 6.09. The standard InChI is InChI=1S/C15H10ClNO4/c1-20-15(19)13-5-3-9(21-13)7-11-10-4-2-8(16)6-12(10)17-14(11)18/h2-7H,1H3,(H,17,18)/b11-7-. The molecule has 0 aliphatic carbocycles. The molecule has 1 amide bonds. The first kappa shape index (κ1) is 13.5. The van der Waals surface area contributed by atoms with Crippen molar-refractivity contribution in [1.29, 1.82) is 0 Å². The van der Waals surface area contributed by atoms with Crippen LogP contribution in [0.15, 0.2) is 34.7 Å². The molecule has 0 fully saturated rings. The third-order valence-corrected chi connectivity index (χ3v) is 3.30. The Labute approximate surface area is 125 Å². The Morgan fingerprint density at radius 1 is 1.33 bits per heavy atom. The molecule has 0 saturated heterocycles. The number of esters is 1. The summed E-state index contributed by atoms with van der Waals surface area (Å²) in [5.74, 6) is -0.339. The van der Waals surface area contributed by atoms with Crippen molar-refractivity contribution in [2.75, 3.05) is 12.4 Å². The first-order chi connectivity index (χ1) is 10.1. The number of ether oxygens (including phenoxy) is 1. The summed E-state index contributed by atoms with van der Waals surface area (Å²) in [4.78, 5) is 23.3. The van der Waals surface area contributed by atoms with Crippen LogP contribution in [0, 0.1) is 0 Å². The summed E-state index contributed by atoms with van der Waals surface area (Å²) in [6, 6.07) is 8.23. The van der Waals surface area contributed by atoms with E-state index in [0.717, 1.165) is 5.56 Å². The van der Waals surface area contributed by atoms with E-state index >= 15 is 0 Å². The zero-order valence-corrected chi connectivity index (χ0v) is 11.7. The van der Waals surface area contributed by atoms with Crippen LogP contribution in [0.4, 0.5) is 5.69 Å². The number of anilines is 1. The van der Waals surface area contributed by atoms with Gasteiger partial charge in [0.25, 0.3) is 5.91 Å². The molecule has 1 aromatic carbocycles. The number of nitrogens with one attached hydrogen (secondary N) is 1. The normalized spacial score (nSPS) is 15.0. The van der Waals surface area contributed by atoms with Crippen molar-refractivity contribution in [2.45, 2.75) is 0 Å². The summed E-state index contributed by atoms with van der Waals surface area (Å²) in [6.07, 6.45) is 1.57. The van der Waals surface area contributed by atoms with Gasteiger partial charge in [0.2, 0.25) is 5.76 Å². The van der Waals surface area contributed by atoms with Crippen molar-refractivity contribution in [3.8, 4) is 0 Å². The quantitative estimate of drug-likeness (QED) is 0.683. The van der Waals surface area contributed by atoms with Crippen LogP contribution in [0.2, 0.25) is 5.02 Å². The fourth-order valence-electron chi connectivity index (χ4n) is 2.09. The number of carbonyl (C=O) groups excluding carboxylic acids is 2. The first-order valence-corrected chi connectivity index (χ1v) is 6.47. The van der Waals surface area contributed by atoms with Crippen LogP contribution in [0.1, 0.15) is 21.9 Å². The van der Waals surface area contributed by atoms with E-state index in [-0.39, 0.29) is 11.7 Å². The lowest BCUT2D eigenvalue weighted by Gasteiger charge is -1.98. The zero-order chi connectivity index (χ0) is 15.0. The molecule has 0 atom stereocenters. The number of hydrogen-bond acceptors (Lipinski definition) is 4. The minimum atomic E-state index is -0.567. The van der Waals surface area contributed by atoms with E-state index in [2.05, 4.69) is 10.1 Å². The molecule has 0 unspecified atom stereocenters. The van der Waals surface area contributed by atoms with Crippen LogP contribution in [-0.2, 0) is 9.53 Å². The molecule has 1 N–H and O–H groups in total. The second-order valence-corrected chi connectivity index (χ2v) is 4.83. The summed E-state index contributed by atoms with van der Waals surface area (Å²) >= 11 is 5.89. The molecular formula is C15H10ClNO4. The number of benzene rings is 1. The Morgan fingerprint density at radius 3 is 2.90 bits per heavy atom. The van der Waals surface area contributed by atoms with E-state index < -0.39 is 5.97 Å². The average Bonchev–Trinajstić information content (AvgIpc) is 3.04. The van der Waals surface area contributed by atoms with Crippen molar-refractivity contribution in [2.24, 2.45) is 0 Å². The highest BCUT2D eigenvalue weighted by molar-refractivity contribution is 6.36. The molecule has 0 bridgehead atoms. The van der Waals surface area contributed by atoms with E-state index in [0.29, 0.717) is 22.0 Å². The van der Waals surface area contributed by atoms with E-state index in [1.807, 2.05) is 0 Å². The minimum Gasteiger partial charge on any atom is -0.463 e. The summed E-state index contributed by atoms with van der Waals surface area (Å²) in [5, 5.41) is 3.27.